The molecule has 2 N–H and O–H groups in total. The van der Waals surface area contributed by atoms with Crippen LogP contribution in [0.15, 0.2) is 177 Å². The highest BCUT2D eigenvalue weighted by molar-refractivity contribution is 6.30. The van der Waals surface area contributed by atoms with Crippen LogP contribution in [0.2, 0.25) is 0 Å². The number of carbonyl (C=O) groups is 2. The Labute approximate surface area is 334 Å². The zero-order valence-corrected chi connectivity index (χ0v) is 32.3. The van der Waals surface area contributed by atoms with Gasteiger partial charge in [0.25, 0.3) is 22.9 Å². The van der Waals surface area contributed by atoms with Crippen molar-refractivity contribution < 1.29 is 9.59 Å². The van der Waals surface area contributed by atoms with Crippen molar-refractivity contribution in [2.45, 2.75) is 27.7 Å². The summed E-state index contributed by atoms with van der Waals surface area (Å²) in [6, 6.07) is 37.3. The number of allylic oxidation sites excluding steroid dienone is 4. The quantitative estimate of drug-likeness (QED) is 0.153. The second kappa shape index (κ2) is 16.9. The first kappa shape index (κ1) is 38.4. The molecule has 2 aromatic heterocycles. The summed E-state index contributed by atoms with van der Waals surface area (Å²) in [7, 11) is 0. The molecule has 0 unspecified atom stereocenters. The van der Waals surface area contributed by atoms with E-state index in [1.165, 1.54) is 19.4 Å². The molecule has 6 aromatic rings. The maximum absolute atomic E-state index is 12.7. The lowest BCUT2D eigenvalue weighted by atomic mass is 10.1. The van der Waals surface area contributed by atoms with Gasteiger partial charge < -0.3 is 0 Å². The average molecular weight is 769 g/mol. The number of nitrogens with zero attached hydrogens (tertiary/aromatic N) is 6. The van der Waals surface area contributed by atoms with E-state index in [4.69, 9.17) is 0 Å². The summed E-state index contributed by atoms with van der Waals surface area (Å²) in [4.78, 5) is 50.9. The SMILES string of the molecule is CC1=NN(c2ccccc2)C(=O)C1=CC=Cc1c(C)[nH]n(-c2ccccc2)c1=O.CC1=NN(c2ccccc2)C(=O)C1=CC=Cc1c(C)[nH]n(-c2ccccc2)c1=O. The Morgan fingerprint density at radius 2 is 0.759 bits per heavy atom. The third-order valence-electron chi connectivity index (χ3n) is 9.44. The largest absolute Gasteiger partial charge is 0.295 e. The van der Waals surface area contributed by atoms with Crippen LogP contribution in [-0.2, 0) is 9.59 Å². The van der Waals surface area contributed by atoms with Crippen LogP contribution in [0.1, 0.15) is 36.4 Å². The second-order valence-electron chi connectivity index (χ2n) is 13.4. The van der Waals surface area contributed by atoms with Crippen LogP contribution in [0.5, 0.6) is 0 Å². The Morgan fingerprint density at radius 3 is 1.09 bits per heavy atom. The first-order valence-corrected chi connectivity index (χ1v) is 18.5. The number of amides is 2. The van der Waals surface area contributed by atoms with Gasteiger partial charge in [0, 0.05) is 11.4 Å². The molecule has 0 bridgehead atoms. The molecule has 0 saturated heterocycles. The number of para-hydroxylation sites is 4. The fourth-order valence-electron chi connectivity index (χ4n) is 6.42. The van der Waals surface area contributed by atoms with Crippen molar-refractivity contribution in [3.05, 3.63) is 200 Å². The highest BCUT2D eigenvalue weighted by atomic mass is 16.2. The molecule has 2 aliphatic heterocycles. The molecule has 4 aromatic carbocycles. The normalized spacial score (nSPS) is 15.5. The van der Waals surface area contributed by atoms with E-state index in [9.17, 15) is 19.2 Å². The highest BCUT2D eigenvalue weighted by Gasteiger charge is 2.29. The number of carbonyl (C=O) groups excluding carboxylic acids is 2. The van der Waals surface area contributed by atoms with Gasteiger partial charge in [-0.2, -0.15) is 20.2 Å². The third-order valence-corrected chi connectivity index (χ3v) is 9.44. The Kier molecular flexibility index (Phi) is 11.2. The molecule has 2 amide bonds. The second-order valence-corrected chi connectivity index (χ2v) is 13.4. The molecule has 2 aliphatic rings. The van der Waals surface area contributed by atoms with Crippen molar-refractivity contribution in [1.29, 1.82) is 0 Å². The zero-order valence-electron chi connectivity index (χ0n) is 32.3. The Morgan fingerprint density at radius 1 is 0.448 bits per heavy atom. The summed E-state index contributed by atoms with van der Waals surface area (Å²) < 4.78 is 3.01. The van der Waals surface area contributed by atoms with Crippen LogP contribution in [-0.4, -0.2) is 42.8 Å². The van der Waals surface area contributed by atoms with E-state index < -0.39 is 0 Å². The van der Waals surface area contributed by atoms with Crippen molar-refractivity contribution in [2.24, 2.45) is 10.2 Å². The third kappa shape index (κ3) is 7.93. The maximum atomic E-state index is 12.7. The van der Waals surface area contributed by atoms with Gasteiger partial charge in [-0.05, 0) is 101 Å². The summed E-state index contributed by atoms with van der Waals surface area (Å²) >= 11 is 0. The smallest absolute Gasteiger partial charge is 0.280 e. The molecule has 0 saturated carbocycles. The molecule has 0 atom stereocenters. The van der Waals surface area contributed by atoms with Crippen molar-refractivity contribution >= 4 is 46.8 Å². The first-order chi connectivity index (χ1) is 28.1. The van der Waals surface area contributed by atoms with Gasteiger partial charge >= 0.3 is 0 Å². The van der Waals surface area contributed by atoms with Gasteiger partial charge in [0.05, 0.1) is 56.4 Å². The summed E-state index contributed by atoms with van der Waals surface area (Å²) in [5.41, 5.74) is 7.57. The Bertz CT molecular complexity index is 2590. The van der Waals surface area contributed by atoms with Gasteiger partial charge in [-0.1, -0.05) is 84.9 Å². The van der Waals surface area contributed by atoms with Crippen LogP contribution in [0, 0.1) is 13.8 Å². The van der Waals surface area contributed by atoms with Gasteiger partial charge in [-0.3, -0.25) is 29.4 Å². The van der Waals surface area contributed by atoms with E-state index in [1.54, 1.807) is 50.3 Å². The van der Waals surface area contributed by atoms with Crippen LogP contribution in [0.4, 0.5) is 11.4 Å². The average Bonchev–Trinajstić information content (AvgIpc) is 3.91. The van der Waals surface area contributed by atoms with Gasteiger partial charge in [-0.15, -0.1) is 0 Å². The Hall–Kier alpha value is -7.86. The van der Waals surface area contributed by atoms with Crippen LogP contribution in [0.3, 0.4) is 0 Å². The minimum absolute atomic E-state index is 0.141. The number of aryl methyl sites for hydroxylation is 2. The molecule has 0 fully saturated rings. The number of nitrogens with one attached hydrogen (secondary N) is 2. The van der Waals surface area contributed by atoms with E-state index >= 15 is 0 Å². The molecular weight excluding hydrogens is 729 g/mol. The van der Waals surface area contributed by atoms with Crippen LogP contribution >= 0.6 is 0 Å². The fourth-order valence-corrected chi connectivity index (χ4v) is 6.42. The monoisotopic (exact) mass is 768 g/mol. The van der Waals surface area contributed by atoms with Gasteiger partial charge in [-0.25, -0.2) is 9.36 Å². The van der Waals surface area contributed by atoms with Crippen LogP contribution in [0.25, 0.3) is 23.5 Å². The molecule has 0 radical (unpaired) electrons. The van der Waals surface area contributed by atoms with E-state index in [1.807, 2.05) is 135 Å². The van der Waals surface area contributed by atoms with Gasteiger partial charge in [0.15, 0.2) is 0 Å². The van der Waals surface area contributed by atoms with Gasteiger partial charge in [0.2, 0.25) is 0 Å². The minimum atomic E-state index is -0.189. The minimum Gasteiger partial charge on any atom is -0.295 e. The predicted octanol–water partition coefficient (Wildman–Crippen LogP) is 7.67. The summed E-state index contributed by atoms with van der Waals surface area (Å²) in [5, 5.41) is 17.7. The molecule has 58 heavy (non-hydrogen) atoms. The van der Waals surface area contributed by atoms with Crippen molar-refractivity contribution in [1.82, 2.24) is 19.6 Å². The molecule has 12 heteroatoms. The van der Waals surface area contributed by atoms with E-state index in [2.05, 4.69) is 20.4 Å². The van der Waals surface area contributed by atoms with E-state index in [0.29, 0.717) is 33.7 Å². The number of benzene rings is 4. The lowest BCUT2D eigenvalue weighted by molar-refractivity contribution is -0.115. The standard InChI is InChI=1S/2C23H20N4O2/c2*1-16-20(22(28)26(24-16)18-10-5-3-6-11-18)14-9-15-21-17(2)25-27(23(21)29)19-12-7-4-8-13-19/h2*3-15,24H,1-2H3. The van der Waals surface area contributed by atoms with Crippen LogP contribution < -0.4 is 21.1 Å². The fraction of sp³-hybridized carbons (Fsp3) is 0.0870. The number of H-pyrrole nitrogens is 2. The molecule has 4 heterocycles. The van der Waals surface area contributed by atoms with E-state index in [-0.39, 0.29) is 22.9 Å². The van der Waals surface area contributed by atoms with E-state index in [0.717, 1.165) is 34.1 Å². The molecule has 8 rings (SSSR count). The molecule has 288 valence electrons. The maximum Gasteiger partial charge on any atom is 0.280 e. The number of hydrogen-bond acceptors (Lipinski definition) is 6. The predicted molar refractivity (Wildman–Crippen MR) is 231 cm³/mol. The van der Waals surface area contributed by atoms with Crippen molar-refractivity contribution in [3.8, 4) is 11.4 Å². The summed E-state index contributed by atoms with van der Waals surface area (Å²) in [5.74, 6) is -0.378. The lowest BCUT2D eigenvalue weighted by Gasteiger charge is -2.10. The van der Waals surface area contributed by atoms with Gasteiger partial charge in [0.1, 0.15) is 0 Å². The number of hydrazone groups is 2. The molecule has 0 aliphatic carbocycles. The molecule has 12 nitrogen and oxygen atoms in total. The highest BCUT2D eigenvalue weighted by Crippen LogP contribution is 2.25. The molecular formula is C46H40N8O4. The topological polar surface area (TPSA) is 141 Å². The number of aromatic amines is 2. The molecule has 0 spiro atoms. The summed E-state index contributed by atoms with van der Waals surface area (Å²) in [6.45, 7) is 7.28. The number of rotatable bonds is 8. The zero-order chi connectivity index (χ0) is 40.8. The van der Waals surface area contributed by atoms with Crippen molar-refractivity contribution in [2.75, 3.05) is 10.0 Å². The number of hydrogen-bond donors (Lipinski definition) is 2. The first-order valence-electron chi connectivity index (χ1n) is 18.5. The van der Waals surface area contributed by atoms with Crippen molar-refractivity contribution in [3.63, 3.8) is 0 Å². The lowest BCUT2D eigenvalue weighted by Crippen LogP contribution is -2.21. The Balaban J connectivity index is 0.000000177. The number of aromatic nitrogens is 4. The number of anilines is 2. The summed E-state index contributed by atoms with van der Waals surface area (Å²) in [6.07, 6.45) is 10.3.